The largest absolute Gasteiger partial charge is 0.389 e. The Morgan fingerprint density at radius 2 is 1.84 bits per heavy atom. The summed E-state index contributed by atoms with van der Waals surface area (Å²) in [4.78, 5) is 0. The molecule has 0 fully saturated rings. The third-order valence-electron chi connectivity index (χ3n) is 4.21. The molecule has 3 atom stereocenters. The van der Waals surface area contributed by atoms with Crippen LogP contribution in [0, 0.1) is 11.8 Å². The molecule has 19 heavy (non-hydrogen) atoms. The molecule has 108 valence electrons. The first-order chi connectivity index (χ1) is 9.25. The number of aliphatic hydroxyl groups is 1. The van der Waals surface area contributed by atoms with Gasteiger partial charge in [-0.2, -0.15) is 0 Å². The van der Waals surface area contributed by atoms with Gasteiger partial charge in [-0.05, 0) is 37.5 Å². The first-order valence-electron chi connectivity index (χ1n) is 7.55. The second-order valence-corrected chi connectivity index (χ2v) is 5.92. The summed E-state index contributed by atoms with van der Waals surface area (Å²) in [5.74, 6) is 1.31. The fourth-order valence-corrected chi connectivity index (χ4v) is 2.74. The van der Waals surface area contributed by atoms with Crippen LogP contribution in [0.2, 0.25) is 0 Å². The summed E-state index contributed by atoms with van der Waals surface area (Å²) >= 11 is 0. The van der Waals surface area contributed by atoms with Crippen LogP contribution in [0.4, 0.5) is 0 Å². The maximum absolute atomic E-state index is 9.88. The number of aliphatic hydroxyl groups excluding tert-OH is 1. The zero-order valence-electron chi connectivity index (χ0n) is 11.9. The first kappa shape index (κ1) is 14.8. The van der Waals surface area contributed by atoms with Crippen molar-refractivity contribution in [1.82, 2.24) is 5.32 Å². The molecule has 0 radical (unpaired) electrons. The van der Waals surface area contributed by atoms with Crippen LogP contribution in [0.1, 0.15) is 32.6 Å². The Bertz CT molecular complexity index is 306. The van der Waals surface area contributed by atoms with Gasteiger partial charge in [-0.25, -0.2) is 0 Å². The van der Waals surface area contributed by atoms with Crippen LogP contribution >= 0.6 is 0 Å². The number of hydrogen-bond acceptors (Lipinski definition) is 3. The second-order valence-electron chi connectivity index (χ2n) is 5.92. The predicted octanol–water partition coefficient (Wildman–Crippen LogP) is 2.27. The molecular weight excluding hydrogens is 238 g/mol. The van der Waals surface area contributed by atoms with Gasteiger partial charge in [-0.15, -0.1) is 0 Å². The summed E-state index contributed by atoms with van der Waals surface area (Å²) in [7, 11) is 0. The molecule has 0 saturated heterocycles. The van der Waals surface area contributed by atoms with Gasteiger partial charge in [0.05, 0.1) is 19.3 Å². The maximum Gasteiger partial charge on any atom is 0.0897 e. The zero-order valence-corrected chi connectivity index (χ0v) is 11.9. The van der Waals surface area contributed by atoms with E-state index < -0.39 is 6.10 Å². The van der Waals surface area contributed by atoms with Crippen LogP contribution in [-0.2, 0) is 4.74 Å². The molecule has 0 bridgehead atoms. The average molecular weight is 265 g/mol. The minimum absolute atomic E-state index is 0.393. The predicted molar refractivity (Wildman–Crippen MR) is 78.0 cm³/mol. The van der Waals surface area contributed by atoms with Crippen LogP contribution in [0.3, 0.4) is 0 Å². The molecule has 3 nitrogen and oxygen atoms in total. The summed E-state index contributed by atoms with van der Waals surface area (Å²) in [6.07, 6.45) is 12.9. The van der Waals surface area contributed by atoms with E-state index in [0.717, 1.165) is 32.3 Å². The van der Waals surface area contributed by atoms with E-state index in [2.05, 4.69) is 36.5 Å². The minimum atomic E-state index is -0.393. The van der Waals surface area contributed by atoms with Crippen LogP contribution in [-0.4, -0.2) is 37.0 Å². The maximum atomic E-state index is 9.88. The quantitative estimate of drug-likeness (QED) is 0.694. The van der Waals surface area contributed by atoms with Gasteiger partial charge in [0.2, 0.25) is 0 Å². The van der Waals surface area contributed by atoms with Gasteiger partial charge in [-0.3, -0.25) is 0 Å². The Morgan fingerprint density at radius 3 is 2.58 bits per heavy atom. The van der Waals surface area contributed by atoms with Crippen LogP contribution in [0.5, 0.6) is 0 Å². The van der Waals surface area contributed by atoms with Crippen molar-refractivity contribution in [3.05, 3.63) is 24.3 Å². The van der Waals surface area contributed by atoms with Crippen molar-refractivity contribution < 1.29 is 9.84 Å². The van der Waals surface area contributed by atoms with E-state index in [-0.39, 0.29) is 0 Å². The fourth-order valence-electron chi connectivity index (χ4n) is 2.74. The van der Waals surface area contributed by atoms with Crippen LogP contribution < -0.4 is 5.32 Å². The lowest BCUT2D eigenvalue weighted by atomic mass is 9.85. The van der Waals surface area contributed by atoms with Crippen LogP contribution in [0.25, 0.3) is 0 Å². The molecule has 0 aliphatic heterocycles. The number of ether oxygens (including phenoxy) is 1. The first-order valence-corrected chi connectivity index (χ1v) is 7.55. The lowest BCUT2D eigenvalue weighted by Crippen LogP contribution is -2.36. The van der Waals surface area contributed by atoms with Gasteiger partial charge >= 0.3 is 0 Å². The normalized spacial score (nSPS) is 28.9. The van der Waals surface area contributed by atoms with Crippen molar-refractivity contribution in [2.24, 2.45) is 11.8 Å². The number of rotatable bonds is 7. The highest BCUT2D eigenvalue weighted by Gasteiger charge is 2.19. The highest BCUT2D eigenvalue weighted by atomic mass is 16.5. The van der Waals surface area contributed by atoms with Crippen molar-refractivity contribution in [3.8, 4) is 0 Å². The van der Waals surface area contributed by atoms with Gasteiger partial charge in [0.25, 0.3) is 0 Å². The van der Waals surface area contributed by atoms with E-state index in [0.29, 0.717) is 31.0 Å². The molecule has 2 aliphatic carbocycles. The molecule has 2 N–H and O–H groups in total. The van der Waals surface area contributed by atoms with Crippen molar-refractivity contribution in [2.75, 3.05) is 19.8 Å². The SMILES string of the molecule is CC1CC=CCC1COCC(O)CNC1CC=CC1. The molecule has 0 aromatic heterocycles. The third-order valence-corrected chi connectivity index (χ3v) is 4.21. The Morgan fingerprint density at radius 1 is 1.16 bits per heavy atom. The lowest BCUT2D eigenvalue weighted by Gasteiger charge is -2.25. The molecule has 0 aromatic rings. The molecule has 0 spiro atoms. The van der Waals surface area contributed by atoms with Gasteiger partial charge in [0.1, 0.15) is 0 Å². The minimum Gasteiger partial charge on any atom is -0.389 e. The van der Waals surface area contributed by atoms with Crippen molar-refractivity contribution >= 4 is 0 Å². The zero-order chi connectivity index (χ0) is 13.5. The summed E-state index contributed by atoms with van der Waals surface area (Å²) in [5, 5.41) is 13.3. The van der Waals surface area contributed by atoms with Gasteiger partial charge in [-0.1, -0.05) is 31.2 Å². The molecule has 2 aliphatic rings. The molecule has 3 unspecified atom stereocenters. The van der Waals surface area contributed by atoms with E-state index in [1.807, 2.05) is 0 Å². The topological polar surface area (TPSA) is 41.5 Å². The van der Waals surface area contributed by atoms with E-state index in [9.17, 15) is 5.11 Å². The monoisotopic (exact) mass is 265 g/mol. The number of allylic oxidation sites excluding steroid dienone is 2. The van der Waals surface area contributed by atoms with Gasteiger partial charge < -0.3 is 15.2 Å². The van der Waals surface area contributed by atoms with Crippen molar-refractivity contribution in [3.63, 3.8) is 0 Å². The van der Waals surface area contributed by atoms with E-state index in [1.54, 1.807) is 0 Å². The Hall–Kier alpha value is -0.640. The van der Waals surface area contributed by atoms with Gasteiger partial charge in [0, 0.05) is 12.6 Å². The second kappa shape index (κ2) is 7.83. The van der Waals surface area contributed by atoms with Gasteiger partial charge in [0.15, 0.2) is 0 Å². The lowest BCUT2D eigenvalue weighted by molar-refractivity contribution is 0.0120. The van der Waals surface area contributed by atoms with E-state index >= 15 is 0 Å². The fraction of sp³-hybridized carbons (Fsp3) is 0.750. The van der Waals surface area contributed by atoms with E-state index in [1.165, 1.54) is 0 Å². The molecule has 3 heteroatoms. The highest BCUT2D eigenvalue weighted by Crippen LogP contribution is 2.24. The number of hydrogen-bond donors (Lipinski definition) is 2. The summed E-state index contributed by atoms with van der Waals surface area (Å²) < 4.78 is 5.68. The summed E-state index contributed by atoms with van der Waals surface area (Å²) in [6.45, 7) is 4.13. The highest BCUT2D eigenvalue weighted by molar-refractivity contribution is 4.97. The standard InChI is InChI=1S/C16H27NO2/c1-13-6-2-3-7-14(13)11-19-12-16(18)10-17-15-8-4-5-9-15/h2-5,13-18H,6-12H2,1H3. The Labute approximate surface area is 116 Å². The van der Waals surface area contributed by atoms with Crippen LogP contribution in [0.15, 0.2) is 24.3 Å². The summed E-state index contributed by atoms with van der Waals surface area (Å²) in [6, 6.07) is 0.512. The Kier molecular flexibility index (Phi) is 6.08. The van der Waals surface area contributed by atoms with Crippen molar-refractivity contribution in [2.45, 2.75) is 44.8 Å². The molecule has 0 saturated carbocycles. The molecule has 0 heterocycles. The Balaban J connectivity index is 1.53. The smallest absolute Gasteiger partial charge is 0.0897 e. The molecule has 2 rings (SSSR count). The molecular formula is C16H27NO2. The van der Waals surface area contributed by atoms with E-state index in [4.69, 9.17) is 4.74 Å². The molecule has 0 aromatic carbocycles. The number of nitrogens with one attached hydrogen (secondary N) is 1. The molecule has 0 amide bonds. The summed E-state index contributed by atoms with van der Waals surface area (Å²) in [5.41, 5.74) is 0. The third kappa shape index (κ3) is 5.09. The van der Waals surface area contributed by atoms with Crippen molar-refractivity contribution in [1.29, 1.82) is 0 Å². The average Bonchev–Trinajstić information content (AvgIpc) is 2.92.